The molecule has 1 atom stereocenters. The Bertz CT molecular complexity index is 1390. The minimum atomic E-state index is -1.44. The summed E-state index contributed by atoms with van der Waals surface area (Å²) in [7, 11) is 1.31. The van der Waals surface area contributed by atoms with Gasteiger partial charge in [0.25, 0.3) is 0 Å². The summed E-state index contributed by atoms with van der Waals surface area (Å²) in [5.74, 6) is 4.21. The number of nitrogens with one attached hydrogen (secondary N) is 1. The van der Waals surface area contributed by atoms with Crippen LogP contribution in [0.25, 0.3) is 10.9 Å². The predicted octanol–water partition coefficient (Wildman–Crippen LogP) is 5.87. The zero-order valence-electron chi connectivity index (χ0n) is 25.2. The number of hydrogen-bond donors (Lipinski definition) is 1. The Balaban J connectivity index is 1.01. The molecule has 1 heterocycles. The molecule has 2 aromatic rings. The van der Waals surface area contributed by atoms with Gasteiger partial charge in [-0.15, -0.1) is 0 Å². The van der Waals surface area contributed by atoms with Gasteiger partial charge in [-0.3, -0.25) is 0 Å². The smallest absolute Gasteiger partial charge is 0.435 e. The molecule has 10 rings (SSSR count). The van der Waals surface area contributed by atoms with Crippen LogP contribution in [-0.2, 0) is 25.4 Å². The summed E-state index contributed by atoms with van der Waals surface area (Å²) in [4.78, 5) is 40.2. The van der Waals surface area contributed by atoms with Gasteiger partial charge >= 0.3 is 18.2 Å². The first-order valence-electron chi connectivity index (χ1n) is 16.5. The third kappa shape index (κ3) is 4.72. The number of nitrogens with zero attached hydrogens (tertiary/aromatic N) is 2. The fourth-order valence-corrected chi connectivity index (χ4v) is 10.8. The SMILES string of the molecule is COC(=O)[C@](C)(Cc1nn(C(=O)OC2C3CC4CC(C3)CC2C4)c2ccccc12)NC(=O)OC1C2CC3CC(C2)CC1C3. The molecule has 43 heavy (non-hydrogen) atoms. The van der Waals surface area contributed by atoms with Gasteiger partial charge in [-0.25, -0.2) is 14.4 Å². The van der Waals surface area contributed by atoms with E-state index in [2.05, 4.69) is 5.32 Å². The predicted molar refractivity (Wildman–Crippen MR) is 157 cm³/mol. The van der Waals surface area contributed by atoms with Gasteiger partial charge in [-0.05, 0) is 125 Å². The lowest BCUT2D eigenvalue weighted by Crippen LogP contribution is -2.57. The Labute approximate surface area is 252 Å². The highest BCUT2D eigenvalue weighted by Crippen LogP contribution is 2.56. The van der Waals surface area contributed by atoms with Gasteiger partial charge in [0.1, 0.15) is 17.7 Å². The maximum atomic E-state index is 13.6. The van der Waals surface area contributed by atoms with Crippen LogP contribution in [0.3, 0.4) is 0 Å². The average molecular weight is 590 g/mol. The highest BCUT2D eigenvalue weighted by molar-refractivity contribution is 5.91. The summed E-state index contributed by atoms with van der Waals surface area (Å²) in [6, 6.07) is 7.47. The van der Waals surface area contributed by atoms with E-state index in [-0.39, 0.29) is 18.6 Å². The van der Waals surface area contributed by atoms with Crippen LogP contribution in [0.15, 0.2) is 24.3 Å². The molecule has 9 nitrogen and oxygen atoms in total. The average Bonchev–Trinajstić information content (AvgIpc) is 3.33. The fourth-order valence-electron chi connectivity index (χ4n) is 10.8. The lowest BCUT2D eigenvalue weighted by molar-refractivity contribution is -0.148. The van der Waals surface area contributed by atoms with Crippen molar-refractivity contribution in [1.29, 1.82) is 0 Å². The molecule has 230 valence electrons. The number of esters is 1. The van der Waals surface area contributed by atoms with Crippen LogP contribution in [-0.4, -0.2) is 52.8 Å². The second-order valence-corrected chi connectivity index (χ2v) is 15.1. The summed E-state index contributed by atoms with van der Waals surface area (Å²) in [5.41, 5.74) is -0.305. The van der Waals surface area contributed by atoms with Crippen molar-refractivity contribution in [3.63, 3.8) is 0 Å². The van der Waals surface area contributed by atoms with E-state index in [9.17, 15) is 14.4 Å². The molecule has 0 radical (unpaired) electrons. The quantitative estimate of drug-likeness (QED) is 0.332. The summed E-state index contributed by atoms with van der Waals surface area (Å²) < 4.78 is 18.8. The second kappa shape index (κ2) is 10.2. The van der Waals surface area contributed by atoms with E-state index in [1.165, 1.54) is 24.6 Å². The number of hydrogen-bond acceptors (Lipinski definition) is 7. The van der Waals surface area contributed by atoms with E-state index in [0.717, 1.165) is 80.4 Å². The van der Waals surface area contributed by atoms with Crippen LogP contribution < -0.4 is 5.32 Å². The highest BCUT2D eigenvalue weighted by Gasteiger charge is 2.52. The van der Waals surface area contributed by atoms with Gasteiger partial charge in [0, 0.05) is 11.8 Å². The number of methoxy groups -OCH3 is 1. The van der Waals surface area contributed by atoms with Gasteiger partial charge in [0.15, 0.2) is 0 Å². The van der Waals surface area contributed by atoms with Crippen molar-refractivity contribution in [2.45, 2.75) is 95.3 Å². The molecule has 1 aromatic carbocycles. The molecule has 0 unspecified atom stereocenters. The van der Waals surface area contributed by atoms with Crippen molar-refractivity contribution < 1.29 is 28.6 Å². The van der Waals surface area contributed by atoms with Gasteiger partial charge in [-0.1, -0.05) is 18.2 Å². The lowest BCUT2D eigenvalue weighted by Gasteiger charge is -2.53. The van der Waals surface area contributed by atoms with Crippen LogP contribution in [0.5, 0.6) is 0 Å². The maximum absolute atomic E-state index is 13.6. The number of amides is 1. The zero-order valence-corrected chi connectivity index (χ0v) is 25.2. The van der Waals surface area contributed by atoms with Crippen molar-refractivity contribution in [3.8, 4) is 0 Å². The van der Waals surface area contributed by atoms with E-state index in [0.29, 0.717) is 34.9 Å². The zero-order chi connectivity index (χ0) is 29.5. The standard InChI is InChI=1S/C34H43N3O6/c1-34(31(38)41-2,35-32(39)42-29-22-9-18-7-19(11-22)12-23(29)10-18)17-27-26-5-3-4-6-28(26)37(36-27)33(40)43-30-24-13-20-8-21(15-24)16-25(30)14-20/h3-6,18-25,29-30H,7-17H2,1-2H3,(H,35,39)/t18?,19?,20?,21?,22?,23?,24?,25?,29?,30?,34-/m0/s1. The largest absolute Gasteiger partial charge is 0.467 e. The first kappa shape index (κ1) is 27.4. The topological polar surface area (TPSA) is 109 Å². The molecule has 8 bridgehead atoms. The summed E-state index contributed by atoms with van der Waals surface area (Å²) in [6.07, 6.45) is 10.6. The van der Waals surface area contributed by atoms with Crippen molar-refractivity contribution in [3.05, 3.63) is 30.0 Å². The lowest BCUT2D eigenvalue weighted by atomic mass is 9.55. The summed E-state index contributed by atoms with van der Waals surface area (Å²) >= 11 is 0. The van der Waals surface area contributed by atoms with Crippen LogP contribution in [0.4, 0.5) is 9.59 Å². The molecule has 0 spiro atoms. The third-order valence-corrected chi connectivity index (χ3v) is 12.1. The van der Waals surface area contributed by atoms with Gasteiger partial charge in [0.05, 0.1) is 18.3 Å². The number of rotatable bonds is 6. The molecular formula is C34H43N3O6. The molecule has 9 heteroatoms. The first-order valence-corrected chi connectivity index (χ1v) is 16.5. The van der Waals surface area contributed by atoms with E-state index < -0.39 is 23.7 Å². The Morgan fingerprint density at radius 2 is 1.33 bits per heavy atom. The number of aromatic nitrogens is 2. The van der Waals surface area contributed by atoms with Crippen molar-refractivity contribution in [2.24, 2.45) is 47.3 Å². The third-order valence-electron chi connectivity index (χ3n) is 12.1. The van der Waals surface area contributed by atoms with Crippen LogP contribution in [0.2, 0.25) is 0 Å². The molecule has 1 aromatic heterocycles. The summed E-state index contributed by atoms with van der Waals surface area (Å²) in [6.45, 7) is 1.64. The Morgan fingerprint density at radius 1 is 0.814 bits per heavy atom. The number of alkyl carbamates (subject to hydrolysis) is 1. The molecule has 8 saturated carbocycles. The monoisotopic (exact) mass is 589 g/mol. The van der Waals surface area contributed by atoms with E-state index >= 15 is 0 Å². The Morgan fingerprint density at radius 3 is 1.86 bits per heavy atom. The molecule has 8 aliphatic rings. The number of carbonyl (C=O) groups excluding carboxylic acids is 3. The second-order valence-electron chi connectivity index (χ2n) is 15.1. The highest BCUT2D eigenvalue weighted by atomic mass is 16.6. The molecule has 0 aliphatic heterocycles. The van der Waals surface area contributed by atoms with Crippen LogP contribution in [0, 0.1) is 47.3 Å². The molecule has 8 aliphatic carbocycles. The minimum Gasteiger partial charge on any atom is -0.467 e. The van der Waals surface area contributed by atoms with E-state index in [1.807, 2.05) is 24.3 Å². The minimum absolute atomic E-state index is 0.0370. The maximum Gasteiger partial charge on any atom is 0.435 e. The van der Waals surface area contributed by atoms with Crippen LogP contribution >= 0.6 is 0 Å². The number of benzene rings is 1. The number of carbonyl (C=O) groups is 3. The van der Waals surface area contributed by atoms with E-state index in [1.54, 1.807) is 6.92 Å². The molecule has 8 fully saturated rings. The van der Waals surface area contributed by atoms with Crippen molar-refractivity contribution in [1.82, 2.24) is 15.1 Å². The number of para-hydroxylation sites is 1. The normalized spacial score (nSPS) is 38.1. The van der Waals surface area contributed by atoms with Gasteiger partial charge in [-0.2, -0.15) is 9.78 Å². The van der Waals surface area contributed by atoms with Gasteiger partial charge < -0.3 is 19.5 Å². The van der Waals surface area contributed by atoms with Gasteiger partial charge in [0.2, 0.25) is 0 Å². The van der Waals surface area contributed by atoms with Crippen molar-refractivity contribution >= 4 is 29.1 Å². The van der Waals surface area contributed by atoms with Crippen LogP contribution in [0.1, 0.15) is 76.8 Å². The van der Waals surface area contributed by atoms with E-state index in [4.69, 9.17) is 19.3 Å². The first-order chi connectivity index (χ1) is 20.8. The molecule has 0 saturated heterocycles. The molecule has 1 N–H and O–H groups in total. The Hall–Kier alpha value is -3.10. The molecule has 1 amide bonds. The van der Waals surface area contributed by atoms with Crippen molar-refractivity contribution in [2.75, 3.05) is 7.11 Å². The Kier molecular flexibility index (Phi) is 6.53. The number of fused-ring (bicyclic) bond motifs is 1. The fraction of sp³-hybridized carbons (Fsp3) is 0.706. The summed E-state index contributed by atoms with van der Waals surface area (Å²) in [5, 5.41) is 8.29. The number of ether oxygens (including phenoxy) is 3. The molecular weight excluding hydrogens is 546 g/mol.